The number of aliphatic carboxylic acids is 1. The average molecular weight is 347 g/mol. The zero-order chi connectivity index (χ0) is 18.6. The molecule has 0 heterocycles. The Labute approximate surface area is 149 Å². The molecule has 1 aliphatic carbocycles. The monoisotopic (exact) mass is 347 g/mol. The number of hydrogen-bond donors (Lipinski definition) is 3. The lowest BCUT2D eigenvalue weighted by Gasteiger charge is -2.43. The first-order valence-corrected chi connectivity index (χ1v) is 9.04. The number of carbonyl (C=O) groups excluding carboxylic acids is 1. The summed E-state index contributed by atoms with van der Waals surface area (Å²) >= 11 is 0. The highest BCUT2D eigenvalue weighted by molar-refractivity contribution is 5.86. The first-order chi connectivity index (χ1) is 11.8. The van der Waals surface area contributed by atoms with Gasteiger partial charge in [-0.1, -0.05) is 57.5 Å². The van der Waals surface area contributed by atoms with Crippen LogP contribution < -0.4 is 5.32 Å². The number of hydrogen-bond acceptors (Lipinski definition) is 3. The van der Waals surface area contributed by atoms with E-state index >= 15 is 0 Å². The van der Waals surface area contributed by atoms with Gasteiger partial charge in [0.05, 0.1) is 5.92 Å². The molecule has 1 aromatic carbocycles. The Bertz CT molecular complexity index is 601. The summed E-state index contributed by atoms with van der Waals surface area (Å²) in [4.78, 5) is 24.4. The zero-order valence-electron chi connectivity index (χ0n) is 15.2. The summed E-state index contributed by atoms with van der Waals surface area (Å²) in [6, 6.07) is 8.84. The topological polar surface area (TPSA) is 86.6 Å². The quantitative estimate of drug-likeness (QED) is 0.738. The van der Waals surface area contributed by atoms with Crippen LogP contribution in [-0.2, 0) is 9.59 Å². The van der Waals surface area contributed by atoms with Gasteiger partial charge in [-0.3, -0.25) is 9.59 Å². The van der Waals surface area contributed by atoms with Crippen LogP contribution in [0.15, 0.2) is 30.3 Å². The summed E-state index contributed by atoms with van der Waals surface area (Å²) < 4.78 is 0. The van der Waals surface area contributed by atoms with Gasteiger partial charge in [-0.05, 0) is 36.2 Å². The van der Waals surface area contributed by atoms with E-state index in [1.165, 1.54) is 0 Å². The van der Waals surface area contributed by atoms with Crippen molar-refractivity contribution in [3.05, 3.63) is 35.9 Å². The highest BCUT2D eigenvalue weighted by Gasteiger charge is 2.48. The minimum Gasteiger partial charge on any atom is -0.481 e. The van der Waals surface area contributed by atoms with Gasteiger partial charge in [-0.15, -0.1) is 0 Å². The van der Waals surface area contributed by atoms with Gasteiger partial charge in [0, 0.05) is 6.54 Å². The maximum atomic E-state index is 12.8. The molecule has 5 nitrogen and oxygen atoms in total. The first-order valence-electron chi connectivity index (χ1n) is 9.04. The number of amides is 1. The fourth-order valence-electron chi connectivity index (χ4n) is 4.01. The predicted molar refractivity (Wildman–Crippen MR) is 96.1 cm³/mol. The molecule has 1 aromatic rings. The van der Waals surface area contributed by atoms with E-state index < -0.39 is 23.4 Å². The second kappa shape index (κ2) is 8.00. The van der Waals surface area contributed by atoms with E-state index in [-0.39, 0.29) is 24.3 Å². The zero-order valence-corrected chi connectivity index (χ0v) is 15.2. The molecule has 25 heavy (non-hydrogen) atoms. The van der Waals surface area contributed by atoms with E-state index in [1.807, 2.05) is 26.8 Å². The van der Waals surface area contributed by atoms with Crippen molar-refractivity contribution >= 4 is 11.9 Å². The molecule has 2 rings (SSSR count). The molecular weight excluding hydrogens is 318 g/mol. The molecule has 1 amide bonds. The summed E-state index contributed by atoms with van der Waals surface area (Å²) in [5, 5.41) is 23.3. The van der Waals surface area contributed by atoms with Gasteiger partial charge in [0.25, 0.3) is 5.91 Å². The van der Waals surface area contributed by atoms with Crippen molar-refractivity contribution in [2.75, 3.05) is 6.54 Å². The van der Waals surface area contributed by atoms with Crippen LogP contribution in [0.5, 0.6) is 0 Å². The van der Waals surface area contributed by atoms with Crippen LogP contribution in [0.3, 0.4) is 0 Å². The first kappa shape index (κ1) is 19.4. The lowest BCUT2D eigenvalue weighted by Crippen LogP contribution is -2.57. The van der Waals surface area contributed by atoms with Crippen molar-refractivity contribution in [1.82, 2.24) is 5.32 Å². The Kier molecular flexibility index (Phi) is 6.22. The number of carboxylic acids is 1. The second-order valence-electron chi connectivity index (χ2n) is 7.67. The third-order valence-electron chi connectivity index (χ3n) is 5.41. The normalized spacial score (nSPS) is 27.7. The Morgan fingerprint density at radius 3 is 2.44 bits per heavy atom. The molecule has 0 spiro atoms. The smallest absolute Gasteiger partial charge is 0.312 e. The minimum atomic E-state index is -1.43. The van der Waals surface area contributed by atoms with Crippen LogP contribution in [0.4, 0.5) is 0 Å². The molecule has 0 saturated heterocycles. The molecule has 3 N–H and O–H groups in total. The second-order valence-corrected chi connectivity index (χ2v) is 7.67. The SMILES string of the molecule is CC(C)[C@@H]1CC[C@@H](C)C[C@@]1(O)C(=O)NCC(C(=O)O)c1ccccc1. The van der Waals surface area contributed by atoms with E-state index in [4.69, 9.17) is 0 Å². The number of nitrogens with one attached hydrogen (secondary N) is 1. The van der Waals surface area contributed by atoms with Gasteiger partial charge < -0.3 is 15.5 Å². The third-order valence-corrected chi connectivity index (χ3v) is 5.41. The van der Waals surface area contributed by atoms with Gasteiger partial charge in [-0.2, -0.15) is 0 Å². The Balaban J connectivity index is 2.12. The summed E-state index contributed by atoms with van der Waals surface area (Å²) in [7, 11) is 0. The van der Waals surface area contributed by atoms with Gasteiger partial charge in [0.15, 0.2) is 0 Å². The molecule has 1 aliphatic rings. The summed E-state index contributed by atoms with van der Waals surface area (Å²) in [6.07, 6.45) is 2.23. The fourth-order valence-corrected chi connectivity index (χ4v) is 4.01. The average Bonchev–Trinajstić information content (AvgIpc) is 2.55. The predicted octanol–water partition coefficient (Wildman–Crippen LogP) is 2.79. The Hall–Kier alpha value is -1.88. The highest BCUT2D eigenvalue weighted by atomic mass is 16.4. The maximum absolute atomic E-state index is 12.8. The van der Waals surface area contributed by atoms with E-state index in [9.17, 15) is 19.8 Å². The molecule has 1 unspecified atom stereocenters. The van der Waals surface area contributed by atoms with Crippen LogP contribution in [0.2, 0.25) is 0 Å². The van der Waals surface area contributed by atoms with Gasteiger partial charge in [0.2, 0.25) is 0 Å². The van der Waals surface area contributed by atoms with E-state index in [0.29, 0.717) is 12.0 Å². The van der Waals surface area contributed by atoms with E-state index in [0.717, 1.165) is 12.8 Å². The molecule has 138 valence electrons. The molecule has 5 heteroatoms. The largest absolute Gasteiger partial charge is 0.481 e. The summed E-state index contributed by atoms with van der Waals surface area (Å²) in [5.74, 6) is -1.91. The van der Waals surface area contributed by atoms with E-state index in [1.54, 1.807) is 24.3 Å². The molecule has 0 aliphatic heterocycles. The standard InChI is InChI=1S/C20H29NO4/c1-13(2)17-10-9-14(3)11-20(17,25)19(24)21-12-16(18(22)23)15-7-5-4-6-8-15/h4-8,13-14,16-17,25H,9-12H2,1-3H3,(H,21,24)(H,22,23)/t14-,16?,17+,20+/m1/s1. The van der Waals surface area contributed by atoms with Gasteiger partial charge >= 0.3 is 5.97 Å². The molecule has 4 atom stereocenters. The van der Waals surface area contributed by atoms with Crippen LogP contribution in [0, 0.1) is 17.8 Å². The lowest BCUT2D eigenvalue weighted by atomic mass is 9.66. The third kappa shape index (κ3) is 4.40. The van der Waals surface area contributed by atoms with Crippen LogP contribution >= 0.6 is 0 Å². The fraction of sp³-hybridized carbons (Fsp3) is 0.600. The van der Waals surface area contributed by atoms with Crippen molar-refractivity contribution in [3.63, 3.8) is 0 Å². The van der Waals surface area contributed by atoms with Crippen LogP contribution in [0.25, 0.3) is 0 Å². The number of rotatable bonds is 6. The number of benzene rings is 1. The Morgan fingerprint density at radius 2 is 1.88 bits per heavy atom. The molecule has 1 fully saturated rings. The van der Waals surface area contributed by atoms with Crippen LogP contribution in [0.1, 0.15) is 51.5 Å². The molecule has 0 bridgehead atoms. The maximum Gasteiger partial charge on any atom is 0.312 e. The van der Waals surface area contributed by atoms with Crippen molar-refractivity contribution in [1.29, 1.82) is 0 Å². The van der Waals surface area contributed by atoms with Crippen LogP contribution in [-0.4, -0.2) is 34.2 Å². The highest BCUT2D eigenvalue weighted by Crippen LogP contribution is 2.41. The number of carboxylic acid groups (broad SMARTS) is 1. The van der Waals surface area contributed by atoms with Gasteiger partial charge in [0.1, 0.15) is 5.60 Å². The molecule has 1 saturated carbocycles. The molecule has 0 radical (unpaired) electrons. The lowest BCUT2D eigenvalue weighted by molar-refractivity contribution is -0.156. The number of aliphatic hydroxyl groups is 1. The van der Waals surface area contributed by atoms with Crippen molar-refractivity contribution < 1.29 is 19.8 Å². The molecule has 0 aromatic heterocycles. The minimum absolute atomic E-state index is 0.0281. The van der Waals surface area contributed by atoms with Crippen molar-refractivity contribution in [2.24, 2.45) is 17.8 Å². The summed E-state index contributed by atoms with van der Waals surface area (Å²) in [6.45, 7) is 6.05. The molecular formula is C20H29NO4. The van der Waals surface area contributed by atoms with Crippen molar-refractivity contribution in [2.45, 2.75) is 51.6 Å². The van der Waals surface area contributed by atoms with Crippen molar-refractivity contribution in [3.8, 4) is 0 Å². The number of carbonyl (C=O) groups is 2. The van der Waals surface area contributed by atoms with Gasteiger partial charge in [-0.25, -0.2) is 0 Å². The Morgan fingerprint density at radius 1 is 1.24 bits per heavy atom. The van der Waals surface area contributed by atoms with E-state index in [2.05, 4.69) is 5.32 Å². The summed E-state index contributed by atoms with van der Waals surface area (Å²) in [5.41, 5.74) is -0.786.